The zero-order valence-electron chi connectivity index (χ0n) is 5.57. The van der Waals surface area contributed by atoms with E-state index in [-0.39, 0.29) is 20.1 Å². The fourth-order valence-corrected chi connectivity index (χ4v) is 1.65. The van der Waals surface area contributed by atoms with Crippen molar-refractivity contribution in [3.05, 3.63) is 32.0 Å². The molecule has 0 unspecified atom stereocenters. The lowest BCUT2D eigenvalue weighted by molar-refractivity contribution is 0.111. The van der Waals surface area contributed by atoms with E-state index >= 15 is 0 Å². The Morgan fingerprint density at radius 3 is 2.58 bits per heavy atom. The van der Waals surface area contributed by atoms with Crippen LogP contribution in [0.25, 0.3) is 0 Å². The molecule has 64 valence electrons. The molecule has 0 heterocycles. The predicted molar refractivity (Wildman–Crippen MR) is 49.5 cm³/mol. The molecule has 0 aliphatic heterocycles. The van der Waals surface area contributed by atoms with Crippen LogP contribution in [0.3, 0.4) is 0 Å². The van der Waals surface area contributed by atoms with Crippen molar-refractivity contribution in [2.45, 2.75) is 0 Å². The van der Waals surface area contributed by atoms with E-state index in [0.717, 1.165) is 6.07 Å². The van der Waals surface area contributed by atoms with Crippen LogP contribution in [0.2, 0.25) is 10.0 Å². The Balaban J connectivity index is 3.51. The van der Waals surface area contributed by atoms with Crippen LogP contribution in [-0.2, 0) is 0 Å². The first-order chi connectivity index (χ1) is 5.57. The van der Waals surface area contributed by atoms with Crippen LogP contribution in [0, 0.1) is 5.82 Å². The Morgan fingerprint density at radius 2 is 2.08 bits per heavy atom. The fraction of sp³-hybridized carbons (Fsp3) is 0. The van der Waals surface area contributed by atoms with Gasteiger partial charge in [-0.2, -0.15) is 0 Å². The van der Waals surface area contributed by atoms with Gasteiger partial charge in [0.05, 0.1) is 20.1 Å². The standard InChI is InChI=1S/C7H2BrCl2FO/c8-6-3(2-12)5(11)1-4(9)7(6)10/h1-2H. The van der Waals surface area contributed by atoms with E-state index < -0.39 is 5.82 Å². The largest absolute Gasteiger partial charge is 0.298 e. The molecule has 0 amide bonds. The summed E-state index contributed by atoms with van der Waals surface area (Å²) < 4.78 is 13.1. The van der Waals surface area contributed by atoms with Crippen molar-refractivity contribution in [1.29, 1.82) is 0 Å². The Kier molecular flexibility index (Phi) is 3.09. The molecule has 0 N–H and O–H groups in total. The van der Waals surface area contributed by atoms with E-state index in [4.69, 9.17) is 23.2 Å². The molecule has 0 aromatic heterocycles. The normalized spacial score (nSPS) is 10.0. The van der Waals surface area contributed by atoms with E-state index in [0.29, 0.717) is 6.29 Å². The molecule has 0 saturated heterocycles. The molecule has 0 radical (unpaired) electrons. The second-order valence-electron chi connectivity index (χ2n) is 2.00. The molecule has 1 aromatic carbocycles. The number of hydrogen-bond donors (Lipinski definition) is 0. The lowest BCUT2D eigenvalue weighted by Gasteiger charge is -2.02. The summed E-state index contributed by atoms with van der Waals surface area (Å²) in [4.78, 5) is 10.3. The second kappa shape index (κ2) is 3.73. The van der Waals surface area contributed by atoms with Gasteiger partial charge in [0.1, 0.15) is 5.82 Å². The first-order valence-corrected chi connectivity index (χ1v) is 4.41. The van der Waals surface area contributed by atoms with E-state index in [2.05, 4.69) is 15.9 Å². The third-order valence-electron chi connectivity index (χ3n) is 1.27. The highest BCUT2D eigenvalue weighted by atomic mass is 79.9. The molecule has 0 aliphatic carbocycles. The average Bonchev–Trinajstić information content (AvgIpc) is 2.01. The SMILES string of the molecule is O=Cc1c(F)cc(Cl)c(Cl)c1Br. The highest BCUT2D eigenvalue weighted by Gasteiger charge is 2.13. The Morgan fingerprint density at radius 1 is 1.50 bits per heavy atom. The number of aldehydes is 1. The third kappa shape index (κ3) is 1.63. The van der Waals surface area contributed by atoms with Gasteiger partial charge < -0.3 is 0 Å². The van der Waals surface area contributed by atoms with E-state index in [1.807, 2.05) is 0 Å². The molecule has 0 spiro atoms. The zero-order valence-corrected chi connectivity index (χ0v) is 8.67. The summed E-state index contributed by atoms with van der Waals surface area (Å²) in [7, 11) is 0. The van der Waals surface area contributed by atoms with Gasteiger partial charge in [-0.3, -0.25) is 4.79 Å². The van der Waals surface area contributed by atoms with Gasteiger partial charge in [0, 0.05) is 0 Å². The molecule has 1 rings (SSSR count). The first-order valence-electron chi connectivity index (χ1n) is 2.86. The van der Waals surface area contributed by atoms with Crippen LogP contribution in [0.15, 0.2) is 10.5 Å². The van der Waals surface area contributed by atoms with Crippen molar-refractivity contribution >= 4 is 45.4 Å². The Labute approximate surface area is 86.6 Å². The molecule has 0 bridgehead atoms. The number of hydrogen-bond acceptors (Lipinski definition) is 1. The van der Waals surface area contributed by atoms with Gasteiger partial charge >= 0.3 is 0 Å². The average molecular weight is 272 g/mol. The molecule has 0 aliphatic rings. The highest BCUT2D eigenvalue weighted by Crippen LogP contribution is 2.33. The summed E-state index contributed by atoms with van der Waals surface area (Å²) in [6, 6.07) is 0.998. The molecule has 0 saturated carbocycles. The van der Waals surface area contributed by atoms with Gasteiger partial charge in [0.15, 0.2) is 6.29 Å². The maximum Gasteiger partial charge on any atom is 0.154 e. The van der Waals surface area contributed by atoms with Gasteiger partial charge in [-0.05, 0) is 22.0 Å². The Hall–Kier alpha value is -0.120. The van der Waals surface area contributed by atoms with Gasteiger partial charge in [0.2, 0.25) is 0 Å². The van der Waals surface area contributed by atoms with E-state index in [1.165, 1.54) is 0 Å². The summed E-state index contributed by atoms with van der Waals surface area (Å²) in [5.41, 5.74) is -0.121. The quantitative estimate of drug-likeness (QED) is 0.432. The minimum absolute atomic E-state index is 0.0756. The van der Waals surface area contributed by atoms with Crippen molar-refractivity contribution in [2.24, 2.45) is 0 Å². The van der Waals surface area contributed by atoms with Crippen LogP contribution < -0.4 is 0 Å². The lowest BCUT2D eigenvalue weighted by Crippen LogP contribution is -1.90. The molecule has 1 aromatic rings. The number of rotatable bonds is 1. The van der Waals surface area contributed by atoms with Crippen molar-refractivity contribution in [3.8, 4) is 0 Å². The minimum Gasteiger partial charge on any atom is -0.298 e. The van der Waals surface area contributed by atoms with Gasteiger partial charge in [-0.15, -0.1) is 0 Å². The van der Waals surface area contributed by atoms with Crippen molar-refractivity contribution in [2.75, 3.05) is 0 Å². The molecule has 0 atom stereocenters. The van der Waals surface area contributed by atoms with Crippen molar-refractivity contribution in [3.63, 3.8) is 0 Å². The van der Waals surface area contributed by atoms with Crippen molar-refractivity contribution < 1.29 is 9.18 Å². The van der Waals surface area contributed by atoms with Crippen LogP contribution in [0.1, 0.15) is 10.4 Å². The maximum atomic E-state index is 12.9. The van der Waals surface area contributed by atoms with Gasteiger partial charge in [0.25, 0.3) is 0 Å². The minimum atomic E-state index is -0.689. The summed E-state index contributed by atoms with van der Waals surface area (Å²) in [5, 5.41) is 0.215. The molecule has 12 heavy (non-hydrogen) atoms. The number of carbonyl (C=O) groups is 1. The second-order valence-corrected chi connectivity index (χ2v) is 3.58. The maximum absolute atomic E-state index is 12.9. The zero-order chi connectivity index (χ0) is 9.30. The fourth-order valence-electron chi connectivity index (χ4n) is 0.688. The topological polar surface area (TPSA) is 17.1 Å². The molecule has 1 nitrogen and oxygen atoms in total. The molecule has 0 fully saturated rings. The highest BCUT2D eigenvalue weighted by molar-refractivity contribution is 9.10. The number of halogens is 4. The van der Waals surface area contributed by atoms with E-state index in [1.54, 1.807) is 0 Å². The smallest absolute Gasteiger partial charge is 0.154 e. The van der Waals surface area contributed by atoms with Crippen molar-refractivity contribution in [1.82, 2.24) is 0 Å². The van der Waals surface area contributed by atoms with E-state index in [9.17, 15) is 9.18 Å². The summed E-state index contributed by atoms with van der Waals surface area (Å²) in [6.45, 7) is 0. The lowest BCUT2D eigenvalue weighted by atomic mass is 10.2. The van der Waals surface area contributed by atoms with Crippen LogP contribution in [0.5, 0.6) is 0 Å². The van der Waals surface area contributed by atoms with Crippen LogP contribution >= 0.6 is 39.1 Å². The number of benzene rings is 1. The monoisotopic (exact) mass is 270 g/mol. The molecule has 5 heteroatoms. The summed E-state index contributed by atoms with van der Waals surface area (Å²) >= 11 is 14.1. The predicted octanol–water partition coefficient (Wildman–Crippen LogP) is 3.71. The van der Waals surface area contributed by atoms with Crippen LogP contribution in [-0.4, -0.2) is 6.29 Å². The first kappa shape index (κ1) is 9.96. The summed E-state index contributed by atoms with van der Waals surface area (Å²) in [6.07, 6.45) is 0.377. The number of carbonyl (C=O) groups excluding carboxylic acids is 1. The summed E-state index contributed by atoms with van der Waals surface area (Å²) in [5.74, 6) is -0.689. The van der Waals surface area contributed by atoms with Gasteiger partial charge in [-0.25, -0.2) is 4.39 Å². The van der Waals surface area contributed by atoms with Crippen LogP contribution in [0.4, 0.5) is 4.39 Å². The molecular weight excluding hydrogens is 270 g/mol. The third-order valence-corrected chi connectivity index (χ3v) is 3.11. The van der Waals surface area contributed by atoms with Gasteiger partial charge in [-0.1, -0.05) is 23.2 Å². The Bertz CT molecular complexity index is 341. The molecular formula is C7H2BrCl2FO.